The number of rotatable bonds is 6. The molecule has 26 heavy (non-hydrogen) atoms. The number of nitrogen functional groups attached to an aromatic ring is 1. The molecule has 0 fully saturated rings. The van der Waals surface area contributed by atoms with E-state index in [1.165, 1.54) is 12.1 Å². The van der Waals surface area contributed by atoms with Crippen molar-refractivity contribution in [1.82, 2.24) is 10.6 Å². The molecule has 5 nitrogen and oxygen atoms in total. The first-order chi connectivity index (χ1) is 12.4. The molecule has 1 amide bonds. The van der Waals surface area contributed by atoms with Gasteiger partial charge in [-0.1, -0.05) is 30.7 Å². The topological polar surface area (TPSA) is 93.2 Å². The van der Waals surface area contributed by atoms with E-state index >= 15 is 0 Å². The van der Waals surface area contributed by atoms with Gasteiger partial charge in [0.2, 0.25) is 0 Å². The van der Waals surface area contributed by atoms with Gasteiger partial charge in [0.15, 0.2) is 0 Å². The van der Waals surface area contributed by atoms with Crippen LogP contribution in [0.1, 0.15) is 18.9 Å². The zero-order valence-electron chi connectivity index (χ0n) is 14.7. The molecule has 0 aliphatic heterocycles. The fraction of sp³-hybridized carbons (Fsp3) is 0.211. The molecular formula is C19H22ClFN4O. The Labute approximate surface area is 157 Å². The Hall–Kier alpha value is -2.73. The van der Waals surface area contributed by atoms with E-state index in [2.05, 4.69) is 10.6 Å². The number of hydrogen-bond acceptors (Lipinski definition) is 4. The average Bonchev–Trinajstić information content (AvgIpc) is 2.63. The zero-order valence-corrected chi connectivity index (χ0v) is 15.5. The van der Waals surface area contributed by atoms with Gasteiger partial charge in [0.25, 0.3) is 5.91 Å². The Kier molecular flexibility index (Phi) is 6.46. The van der Waals surface area contributed by atoms with Gasteiger partial charge < -0.3 is 22.1 Å². The third-order valence-electron chi connectivity index (χ3n) is 3.90. The van der Waals surface area contributed by atoms with E-state index in [0.29, 0.717) is 28.4 Å². The molecule has 0 radical (unpaired) electrons. The van der Waals surface area contributed by atoms with Crippen LogP contribution in [0.15, 0.2) is 42.1 Å². The van der Waals surface area contributed by atoms with Crippen LogP contribution in [0.3, 0.4) is 0 Å². The average molecular weight is 377 g/mol. The first kappa shape index (κ1) is 19.6. The Morgan fingerprint density at radius 1 is 1.19 bits per heavy atom. The number of carbonyl (C=O) groups excluding carboxylic acids is 1. The van der Waals surface area contributed by atoms with Crippen LogP contribution in [0.4, 0.5) is 10.1 Å². The lowest BCUT2D eigenvalue weighted by Gasteiger charge is -2.17. The molecule has 7 heteroatoms. The molecule has 6 N–H and O–H groups in total. The fourth-order valence-electron chi connectivity index (χ4n) is 2.58. The smallest absolute Gasteiger partial charge is 0.269 e. The second kappa shape index (κ2) is 8.58. The minimum Gasteiger partial charge on any atom is -0.398 e. The highest BCUT2D eigenvalue weighted by molar-refractivity contribution is 6.30. The number of hydrogen-bond donors (Lipinski definition) is 4. The normalized spacial score (nSPS) is 11.7. The van der Waals surface area contributed by atoms with Crippen molar-refractivity contribution in [1.29, 1.82) is 0 Å². The van der Waals surface area contributed by atoms with Crippen LogP contribution in [0, 0.1) is 5.82 Å². The maximum absolute atomic E-state index is 14.5. The largest absolute Gasteiger partial charge is 0.398 e. The van der Waals surface area contributed by atoms with Gasteiger partial charge in [0.05, 0.1) is 11.4 Å². The lowest BCUT2D eigenvalue weighted by Crippen LogP contribution is -2.32. The van der Waals surface area contributed by atoms with Gasteiger partial charge in [0, 0.05) is 29.7 Å². The van der Waals surface area contributed by atoms with Crippen molar-refractivity contribution in [2.75, 3.05) is 19.3 Å². The number of nitrogens with two attached hydrogens (primary N) is 2. The Morgan fingerprint density at radius 2 is 1.85 bits per heavy atom. The number of anilines is 1. The van der Waals surface area contributed by atoms with E-state index in [1.807, 2.05) is 6.92 Å². The summed E-state index contributed by atoms with van der Waals surface area (Å²) < 4.78 is 14.5. The molecule has 0 spiro atoms. The lowest BCUT2D eigenvalue weighted by atomic mass is 9.97. The van der Waals surface area contributed by atoms with Crippen LogP contribution in [-0.4, -0.2) is 19.5 Å². The number of amides is 1. The van der Waals surface area contributed by atoms with Crippen LogP contribution in [0.5, 0.6) is 0 Å². The molecule has 0 bridgehead atoms. The molecular weight excluding hydrogens is 355 g/mol. The van der Waals surface area contributed by atoms with Crippen molar-refractivity contribution in [2.24, 2.45) is 5.73 Å². The Bertz CT molecular complexity index is 834. The van der Waals surface area contributed by atoms with Crippen molar-refractivity contribution in [3.8, 4) is 11.1 Å². The third-order valence-corrected chi connectivity index (χ3v) is 4.15. The predicted molar refractivity (Wildman–Crippen MR) is 105 cm³/mol. The molecule has 0 saturated carbocycles. The van der Waals surface area contributed by atoms with Gasteiger partial charge in [-0.25, -0.2) is 4.39 Å². The molecule has 0 aliphatic rings. The summed E-state index contributed by atoms with van der Waals surface area (Å²) in [6.45, 7) is 2.45. The first-order valence-corrected chi connectivity index (χ1v) is 8.58. The lowest BCUT2D eigenvalue weighted by molar-refractivity contribution is -0.117. The molecule has 0 aliphatic carbocycles. The molecule has 0 saturated heterocycles. The summed E-state index contributed by atoms with van der Waals surface area (Å²) in [6, 6.07) is 9.47. The van der Waals surface area contributed by atoms with E-state index in [9.17, 15) is 9.18 Å². The molecule has 0 heterocycles. The summed E-state index contributed by atoms with van der Waals surface area (Å²) in [7, 11) is 1.63. The second-order valence-corrected chi connectivity index (χ2v) is 6.12. The molecule has 138 valence electrons. The highest BCUT2D eigenvalue weighted by Gasteiger charge is 2.19. The van der Waals surface area contributed by atoms with Gasteiger partial charge in [-0.3, -0.25) is 4.79 Å². The van der Waals surface area contributed by atoms with Crippen LogP contribution in [0.25, 0.3) is 16.8 Å². The summed E-state index contributed by atoms with van der Waals surface area (Å²) in [4.78, 5) is 12.2. The summed E-state index contributed by atoms with van der Waals surface area (Å²) in [5, 5.41) is 6.14. The minimum absolute atomic E-state index is 0.0127. The van der Waals surface area contributed by atoms with Gasteiger partial charge in [-0.15, -0.1) is 0 Å². The number of halogens is 2. The van der Waals surface area contributed by atoms with Gasteiger partial charge in [-0.05, 0) is 36.2 Å². The minimum atomic E-state index is -0.474. The van der Waals surface area contributed by atoms with Crippen LogP contribution >= 0.6 is 11.6 Å². The Morgan fingerprint density at radius 3 is 2.42 bits per heavy atom. The summed E-state index contributed by atoms with van der Waals surface area (Å²) in [5.41, 5.74) is 14.0. The predicted octanol–water partition coefficient (Wildman–Crippen LogP) is 3.10. The zero-order chi connectivity index (χ0) is 19.3. The van der Waals surface area contributed by atoms with Crippen LogP contribution in [-0.2, 0) is 4.79 Å². The highest BCUT2D eigenvalue weighted by Crippen LogP contribution is 2.35. The molecule has 0 aromatic heterocycles. The van der Waals surface area contributed by atoms with Crippen molar-refractivity contribution in [3.63, 3.8) is 0 Å². The van der Waals surface area contributed by atoms with Gasteiger partial charge >= 0.3 is 0 Å². The van der Waals surface area contributed by atoms with E-state index in [0.717, 1.165) is 6.42 Å². The van der Waals surface area contributed by atoms with Crippen molar-refractivity contribution in [2.45, 2.75) is 13.3 Å². The van der Waals surface area contributed by atoms with Gasteiger partial charge in [-0.2, -0.15) is 0 Å². The Balaban J connectivity index is 2.57. The van der Waals surface area contributed by atoms with Crippen molar-refractivity contribution >= 4 is 28.9 Å². The van der Waals surface area contributed by atoms with Crippen molar-refractivity contribution < 1.29 is 9.18 Å². The van der Waals surface area contributed by atoms with Gasteiger partial charge in [0.1, 0.15) is 11.5 Å². The quantitative estimate of drug-likeness (QED) is 0.460. The van der Waals surface area contributed by atoms with E-state index < -0.39 is 11.7 Å². The number of carbonyl (C=O) groups is 1. The summed E-state index contributed by atoms with van der Waals surface area (Å²) in [6.07, 6.45) is 0.785. The maximum atomic E-state index is 14.5. The SMILES string of the molecule is CCCNC(=O)/C(N)=C(\NC)c1ccc(F)c(-c2ccc(Cl)cc2)c1N. The second-order valence-electron chi connectivity index (χ2n) is 5.69. The monoisotopic (exact) mass is 376 g/mol. The fourth-order valence-corrected chi connectivity index (χ4v) is 2.71. The molecule has 2 rings (SSSR count). The molecule has 0 atom stereocenters. The van der Waals surface area contributed by atoms with E-state index in [-0.39, 0.29) is 16.9 Å². The third kappa shape index (κ3) is 4.08. The van der Waals surface area contributed by atoms with Crippen LogP contribution in [0.2, 0.25) is 5.02 Å². The van der Waals surface area contributed by atoms with Crippen LogP contribution < -0.4 is 22.1 Å². The molecule has 2 aromatic carbocycles. The number of benzene rings is 2. The molecule has 2 aromatic rings. The summed E-state index contributed by atoms with van der Waals surface area (Å²) in [5.74, 6) is -0.883. The number of nitrogens with one attached hydrogen (secondary N) is 2. The van der Waals surface area contributed by atoms with E-state index in [1.54, 1.807) is 31.3 Å². The maximum Gasteiger partial charge on any atom is 0.269 e. The summed E-state index contributed by atoms with van der Waals surface area (Å²) >= 11 is 5.90. The molecule has 0 unspecified atom stereocenters. The first-order valence-electron chi connectivity index (χ1n) is 8.20. The highest BCUT2D eigenvalue weighted by atomic mass is 35.5. The van der Waals surface area contributed by atoms with Crippen molar-refractivity contribution in [3.05, 3.63) is 58.5 Å². The standard InChI is InChI=1S/C19H22ClFN4O/c1-3-10-25-19(26)17(23)18(24-2)13-8-9-14(21)15(16(13)22)11-4-6-12(20)7-5-11/h4-9,24H,3,10,22-23H2,1-2H3,(H,25,26)/b18-17+. The van der Waals surface area contributed by atoms with E-state index in [4.69, 9.17) is 23.1 Å².